The molecule has 0 aromatic carbocycles. The molecule has 0 aromatic rings. The monoisotopic (exact) mass is 145 g/mol. The fraction of sp³-hybridized carbons (Fsp3) is 1.00. The molecule has 2 nitrogen and oxygen atoms in total. The van der Waals surface area contributed by atoms with E-state index in [-0.39, 0.29) is 12.1 Å². The Balaban J connectivity index is 3.40. The minimum absolute atomic E-state index is 0.225. The Kier molecular flexibility index (Phi) is 5.64. The molecule has 0 spiro atoms. The highest BCUT2D eigenvalue weighted by Gasteiger charge is 2.09. The highest BCUT2D eigenvalue weighted by atomic mass is 16.3. The van der Waals surface area contributed by atoms with Crippen molar-refractivity contribution >= 4 is 0 Å². The lowest BCUT2D eigenvalue weighted by molar-refractivity contribution is 0.143. The van der Waals surface area contributed by atoms with E-state index in [0.717, 1.165) is 19.4 Å². The zero-order valence-corrected chi connectivity index (χ0v) is 7.22. The van der Waals surface area contributed by atoms with Crippen molar-refractivity contribution in [1.29, 1.82) is 0 Å². The topological polar surface area (TPSA) is 32.3 Å². The lowest BCUT2D eigenvalue weighted by Crippen LogP contribution is -2.37. The molecule has 0 heterocycles. The van der Waals surface area contributed by atoms with Gasteiger partial charge in [0.1, 0.15) is 0 Å². The lowest BCUT2D eigenvalue weighted by Gasteiger charge is -2.18. The first kappa shape index (κ1) is 9.92. The lowest BCUT2D eigenvalue weighted by atomic mass is 10.1. The zero-order chi connectivity index (χ0) is 7.98. The Morgan fingerprint density at radius 3 is 2.30 bits per heavy atom. The van der Waals surface area contributed by atoms with Crippen LogP contribution in [-0.2, 0) is 0 Å². The van der Waals surface area contributed by atoms with Crippen molar-refractivity contribution in [2.75, 3.05) is 6.54 Å². The molecule has 2 heteroatoms. The number of aliphatic hydroxyl groups excluding tert-OH is 1. The molecule has 10 heavy (non-hydrogen) atoms. The number of aliphatic hydroxyl groups is 1. The number of hydrogen-bond acceptors (Lipinski definition) is 2. The van der Waals surface area contributed by atoms with Crippen LogP contribution in [0.25, 0.3) is 0 Å². The van der Waals surface area contributed by atoms with Gasteiger partial charge in [0, 0.05) is 6.04 Å². The number of nitrogens with one attached hydrogen (secondary N) is 1. The van der Waals surface area contributed by atoms with Crippen LogP contribution in [0.3, 0.4) is 0 Å². The Morgan fingerprint density at radius 1 is 1.40 bits per heavy atom. The van der Waals surface area contributed by atoms with Crippen molar-refractivity contribution in [1.82, 2.24) is 5.32 Å². The standard InChI is InChI=1S/C8H19NO/c1-4-6-9-8(5-2)7(3)10/h7-10H,4-6H2,1-3H3/t7-,8-/m0/s1. The summed E-state index contributed by atoms with van der Waals surface area (Å²) in [4.78, 5) is 0. The molecule has 0 radical (unpaired) electrons. The molecule has 2 atom stereocenters. The summed E-state index contributed by atoms with van der Waals surface area (Å²) in [5, 5.41) is 12.4. The minimum atomic E-state index is -0.225. The van der Waals surface area contributed by atoms with Crippen LogP contribution in [-0.4, -0.2) is 23.8 Å². The van der Waals surface area contributed by atoms with Crippen molar-refractivity contribution < 1.29 is 5.11 Å². The van der Waals surface area contributed by atoms with E-state index in [4.69, 9.17) is 0 Å². The van der Waals surface area contributed by atoms with E-state index in [9.17, 15) is 5.11 Å². The smallest absolute Gasteiger partial charge is 0.0664 e. The molecule has 0 aliphatic carbocycles. The van der Waals surface area contributed by atoms with Crippen LogP contribution in [0, 0.1) is 0 Å². The first-order chi connectivity index (χ1) is 4.72. The van der Waals surface area contributed by atoms with Crippen molar-refractivity contribution in [2.45, 2.75) is 45.8 Å². The van der Waals surface area contributed by atoms with Gasteiger partial charge in [0.05, 0.1) is 6.10 Å². The number of hydrogen-bond donors (Lipinski definition) is 2. The third kappa shape index (κ3) is 3.85. The summed E-state index contributed by atoms with van der Waals surface area (Å²) >= 11 is 0. The first-order valence-corrected chi connectivity index (χ1v) is 4.13. The summed E-state index contributed by atoms with van der Waals surface area (Å²) in [6.45, 7) is 7.04. The summed E-state index contributed by atoms with van der Waals surface area (Å²) in [5.41, 5.74) is 0. The third-order valence-electron chi connectivity index (χ3n) is 1.68. The summed E-state index contributed by atoms with van der Waals surface area (Å²) in [5.74, 6) is 0. The molecular weight excluding hydrogens is 126 g/mol. The quantitative estimate of drug-likeness (QED) is 0.608. The van der Waals surface area contributed by atoms with Crippen LogP contribution >= 0.6 is 0 Å². The predicted molar refractivity (Wildman–Crippen MR) is 44.1 cm³/mol. The molecule has 0 aliphatic rings. The molecule has 0 aliphatic heterocycles. The first-order valence-electron chi connectivity index (χ1n) is 4.13. The van der Waals surface area contributed by atoms with Gasteiger partial charge >= 0.3 is 0 Å². The second kappa shape index (κ2) is 5.69. The van der Waals surface area contributed by atoms with Crippen molar-refractivity contribution in [3.8, 4) is 0 Å². The normalized spacial score (nSPS) is 16.8. The zero-order valence-electron chi connectivity index (χ0n) is 7.22. The fourth-order valence-corrected chi connectivity index (χ4v) is 0.986. The summed E-state index contributed by atoms with van der Waals surface area (Å²) in [7, 11) is 0. The van der Waals surface area contributed by atoms with Crippen LogP contribution < -0.4 is 5.32 Å². The van der Waals surface area contributed by atoms with E-state index in [0.29, 0.717) is 0 Å². The highest BCUT2D eigenvalue weighted by Crippen LogP contribution is 1.96. The van der Waals surface area contributed by atoms with Gasteiger partial charge in [0.2, 0.25) is 0 Å². The van der Waals surface area contributed by atoms with Gasteiger partial charge in [-0.05, 0) is 26.3 Å². The van der Waals surface area contributed by atoms with E-state index in [2.05, 4.69) is 19.2 Å². The van der Waals surface area contributed by atoms with Gasteiger partial charge in [0.15, 0.2) is 0 Å². The van der Waals surface area contributed by atoms with Gasteiger partial charge in [-0.15, -0.1) is 0 Å². The molecule has 0 saturated carbocycles. The van der Waals surface area contributed by atoms with Crippen LogP contribution in [0.2, 0.25) is 0 Å². The Hall–Kier alpha value is -0.0800. The summed E-state index contributed by atoms with van der Waals surface area (Å²) in [6.07, 6.45) is 1.90. The van der Waals surface area contributed by atoms with Gasteiger partial charge < -0.3 is 10.4 Å². The average molecular weight is 145 g/mol. The summed E-state index contributed by atoms with van der Waals surface area (Å²) < 4.78 is 0. The fourth-order valence-electron chi connectivity index (χ4n) is 0.986. The molecule has 0 fully saturated rings. The van der Waals surface area contributed by atoms with Gasteiger partial charge in [0.25, 0.3) is 0 Å². The Bertz CT molecular complexity index is 73.7. The van der Waals surface area contributed by atoms with Crippen molar-refractivity contribution in [3.05, 3.63) is 0 Å². The molecule has 0 aromatic heterocycles. The second-order valence-electron chi connectivity index (χ2n) is 2.71. The maximum absolute atomic E-state index is 9.18. The maximum Gasteiger partial charge on any atom is 0.0664 e. The molecule has 0 unspecified atom stereocenters. The van der Waals surface area contributed by atoms with Crippen LogP contribution in [0.4, 0.5) is 0 Å². The molecule has 2 N–H and O–H groups in total. The average Bonchev–Trinajstić information content (AvgIpc) is 1.89. The molecule has 0 amide bonds. The maximum atomic E-state index is 9.18. The highest BCUT2D eigenvalue weighted by molar-refractivity contribution is 4.69. The second-order valence-corrected chi connectivity index (χ2v) is 2.71. The molecule has 62 valence electrons. The third-order valence-corrected chi connectivity index (χ3v) is 1.68. The van der Waals surface area contributed by atoms with Gasteiger partial charge in [-0.25, -0.2) is 0 Å². The van der Waals surface area contributed by atoms with Crippen LogP contribution in [0.5, 0.6) is 0 Å². The SMILES string of the molecule is CCCN[C@@H](CC)[C@H](C)O. The molecule has 0 rings (SSSR count). The van der Waals surface area contributed by atoms with Gasteiger partial charge in [-0.2, -0.15) is 0 Å². The minimum Gasteiger partial charge on any atom is -0.392 e. The predicted octanol–water partition coefficient (Wildman–Crippen LogP) is 1.15. The Morgan fingerprint density at radius 2 is 2.00 bits per heavy atom. The van der Waals surface area contributed by atoms with Crippen LogP contribution in [0.1, 0.15) is 33.6 Å². The largest absolute Gasteiger partial charge is 0.392 e. The summed E-state index contributed by atoms with van der Waals surface area (Å²) in [6, 6.07) is 0.278. The van der Waals surface area contributed by atoms with E-state index >= 15 is 0 Å². The Labute approximate surface area is 63.6 Å². The van der Waals surface area contributed by atoms with E-state index < -0.39 is 0 Å². The molecule has 0 saturated heterocycles. The van der Waals surface area contributed by atoms with E-state index in [1.54, 1.807) is 0 Å². The van der Waals surface area contributed by atoms with Gasteiger partial charge in [-0.3, -0.25) is 0 Å². The van der Waals surface area contributed by atoms with Gasteiger partial charge in [-0.1, -0.05) is 13.8 Å². The van der Waals surface area contributed by atoms with Crippen molar-refractivity contribution in [2.24, 2.45) is 0 Å². The van der Waals surface area contributed by atoms with E-state index in [1.807, 2.05) is 6.92 Å². The van der Waals surface area contributed by atoms with Crippen LogP contribution in [0.15, 0.2) is 0 Å². The van der Waals surface area contributed by atoms with E-state index in [1.165, 1.54) is 0 Å². The number of rotatable bonds is 5. The molecule has 0 bridgehead atoms. The van der Waals surface area contributed by atoms with Crippen molar-refractivity contribution in [3.63, 3.8) is 0 Å². The molecular formula is C8H19NO.